The molecule has 4 aromatic rings. The molecule has 1 unspecified atom stereocenters. The number of nitrogens with one attached hydrogen (secondary N) is 1. The van der Waals surface area contributed by atoms with Crippen LogP contribution in [0.2, 0.25) is 0 Å². The van der Waals surface area contributed by atoms with Gasteiger partial charge in [-0.15, -0.1) is 0 Å². The van der Waals surface area contributed by atoms with Gasteiger partial charge in [-0.05, 0) is 25.1 Å². The van der Waals surface area contributed by atoms with Gasteiger partial charge in [0.05, 0.1) is 22.6 Å². The zero-order valence-electron chi connectivity index (χ0n) is 17.0. The molecule has 1 saturated heterocycles. The molecule has 2 aromatic carbocycles. The van der Waals surface area contributed by atoms with E-state index < -0.39 is 6.55 Å². The molecule has 5 rings (SSSR count). The van der Waals surface area contributed by atoms with Gasteiger partial charge in [-0.2, -0.15) is 13.9 Å². The van der Waals surface area contributed by atoms with Crippen LogP contribution >= 0.6 is 0 Å². The van der Waals surface area contributed by atoms with Crippen LogP contribution in [-0.4, -0.2) is 61.6 Å². The Morgan fingerprint density at radius 2 is 1.74 bits per heavy atom. The number of piperazine rings is 1. The molecule has 0 saturated carbocycles. The van der Waals surface area contributed by atoms with Crippen LogP contribution in [0.3, 0.4) is 0 Å². The van der Waals surface area contributed by atoms with Gasteiger partial charge in [0, 0.05) is 31.6 Å². The van der Waals surface area contributed by atoms with Crippen LogP contribution in [0.25, 0.3) is 21.9 Å². The minimum atomic E-state index is -2.67. The first kappa shape index (κ1) is 19.6. The Kier molecular flexibility index (Phi) is 4.90. The van der Waals surface area contributed by atoms with Crippen LogP contribution in [0.1, 0.15) is 35.8 Å². The van der Waals surface area contributed by atoms with E-state index >= 15 is 0 Å². The topological polar surface area (TPSA) is 70.1 Å². The van der Waals surface area contributed by atoms with Crippen molar-refractivity contribution in [2.45, 2.75) is 19.5 Å². The van der Waals surface area contributed by atoms with Gasteiger partial charge in [0.15, 0.2) is 5.69 Å². The van der Waals surface area contributed by atoms with E-state index in [1.807, 2.05) is 31.2 Å². The van der Waals surface area contributed by atoms with Crippen molar-refractivity contribution >= 4 is 27.8 Å². The summed E-state index contributed by atoms with van der Waals surface area (Å²) in [6, 6.07) is 14.2. The normalized spacial score (nSPS) is 16.5. The Morgan fingerprint density at radius 3 is 2.52 bits per heavy atom. The average Bonchev–Trinajstić information content (AvgIpc) is 3.40. The summed E-state index contributed by atoms with van der Waals surface area (Å²) in [6.45, 7) is 1.36. The molecule has 31 heavy (non-hydrogen) atoms. The van der Waals surface area contributed by atoms with Crippen LogP contribution in [0.4, 0.5) is 8.78 Å². The Balaban J connectivity index is 1.33. The number of aromatic nitrogens is 4. The van der Waals surface area contributed by atoms with Crippen LogP contribution < -0.4 is 0 Å². The maximum absolute atomic E-state index is 13.8. The predicted molar refractivity (Wildman–Crippen MR) is 113 cm³/mol. The first-order valence-corrected chi connectivity index (χ1v) is 10.3. The largest absolute Gasteiger partial charge is 0.335 e. The number of halogens is 2. The summed E-state index contributed by atoms with van der Waals surface area (Å²) in [4.78, 5) is 21.3. The second-order valence-electron chi connectivity index (χ2n) is 7.73. The van der Waals surface area contributed by atoms with E-state index in [2.05, 4.69) is 20.1 Å². The molecular formula is C22H22F2N6O. The van der Waals surface area contributed by atoms with Gasteiger partial charge in [-0.25, -0.2) is 4.98 Å². The van der Waals surface area contributed by atoms with Crippen molar-refractivity contribution in [3.8, 4) is 0 Å². The molecule has 1 aliphatic rings. The van der Waals surface area contributed by atoms with Gasteiger partial charge < -0.3 is 4.90 Å². The van der Waals surface area contributed by atoms with Gasteiger partial charge in [0.25, 0.3) is 5.91 Å². The first-order chi connectivity index (χ1) is 15.0. The third kappa shape index (κ3) is 3.34. The molecule has 2 aromatic heterocycles. The number of fused-ring (bicyclic) bond motifs is 2. The number of amides is 1. The molecule has 0 spiro atoms. The lowest BCUT2D eigenvalue weighted by Gasteiger charge is -2.37. The average molecular weight is 424 g/mol. The summed E-state index contributed by atoms with van der Waals surface area (Å²) in [5.74, 6) is 0.221. The van der Waals surface area contributed by atoms with E-state index in [-0.39, 0.29) is 11.9 Å². The summed E-state index contributed by atoms with van der Waals surface area (Å²) in [7, 11) is 0. The molecule has 7 nitrogen and oxygen atoms in total. The number of carbonyl (C=O) groups is 1. The fraction of sp³-hybridized carbons (Fsp3) is 0.318. The third-order valence-electron chi connectivity index (χ3n) is 6.01. The molecule has 0 bridgehead atoms. The minimum Gasteiger partial charge on any atom is -0.335 e. The van der Waals surface area contributed by atoms with Gasteiger partial charge >= 0.3 is 6.55 Å². The van der Waals surface area contributed by atoms with Crippen molar-refractivity contribution in [3.63, 3.8) is 0 Å². The van der Waals surface area contributed by atoms with Crippen LogP contribution in [0, 0.1) is 0 Å². The highest BCUT2D eigenvalue weighted by Gasteiger charge is 2.30. The number of rotatable bonds is 4. The summed E-state index contributed by atoms with van der Waals surface area (Å²) in [5.41, 5.74) is 2.23. The SMILES string of the molecule is CC(c1nc2ccccc2n1C(F)F)N1CCN(C(=O)c2n[nH]c3ccccc23)CC1. The number of alkyl halides is 2. The molecule has 0 radical (unpaired) electrons. The molecule has 1 atom stereocenters. The molecular weight excluding hydrogens is 402 g/mol. The zero-order valence-corrected chi connectivity index (χ0v) is 17.0. The molecule has 1 N–H and O–H groups in total. The van der Waals surface area contributed by atoms with Crippen molar-refractivity contribution in [3.05, 3.63) is 60.0 Å². The van der Waals surface area contributed by atoms with E-state index in [1.54, 1.807) is 29.2 Å². The van der Waals surface area contributed by atoms with E-state index in [0.29, 0.717) is 48.7 Å². The van der Waals surface area contributed by atoms with Crippen LogP contribution in [0.5, 0.6) is 0 Å². The molecule has 3 heterocycles. The summed E-state index contributed by atoms with van der Waals surface area (Å²) >= 11 is 0. The summed E-state index contributed by atoms with van der Waals surface area (Å²) < 4.78 is 28.6. The van der Waals surface area contributed by atoms with E-state index in [1.165, 1.54) is 0 Å². The number of benzene rings is 2. The number of aromatic amines is 1. The highest BCUT2D eigenvalue weighted by molar-refractivity contribution is 6.04. The van der Waals surface area contributed by atoms with Gasteiger partial charge in [-0.3, -0.25) is 19.4 Å². The van der Waals surface area contributed by atoms with Crippen molar-refractivity contribution in [2.24, 2.45) is 0 Å². The monoisotopic (exact) mass is 424 g/mol. The fourth-order valence-corrected chi connectivity index (χ4v) is 4.31. The van der Waals surface area contributed by atoms with Crippen molar-refractivity contribution in [2.75, 3.05) is 26.2 Å². The lowest BCUT2D eigenvalue weighted by atomic mass is 10.1. The first-order valence-electron chi connectivity index (χ1n) is 10.3. The Bertz CT molecular complexity index is 1240. The second kappa shape index (κ2) is 7.73. The molecule has 1 fully saturated rings. The smallest absolute Gasteiger partial charge is 0.320 e. The lowest BCUT2D eigenvalue weighted by molar-refractivity contribution is 0.0492. The Labute approximate surface area is 177 Å². The van der Waals surface area contributed by atoms with Crippen LogP contribution in [-0.2, 0) is 0 Å². The van der Waals surface area contributed by atoms with E-state index in [4.69, 9.17) is 0 Å². The maximum Gasteiger partial charge on any atom is 0.320 e. The molecule has 9 heteroatoms. The number of carbonyl (C=O) groups excluding carboxylic acids is 1. The number of nitrogens with zero attached hydrogens (tertiary/aromatic N) is 5. The molecule has 0 aliphatic carbocycles. The van der Waals surface area contributed by atoms with Gasteiger partial charge in [0.1, 0.15) is 5.82 Å². The fourth-order valence-electron chi connectivity index (χ4n) is 4.31. The summed E-state index contributed by atoms with van der Waals surface area (Å²) in [6.07, 6.45) is 0. The second-order valence-corrected chi connectivity index (χ2v) is 7.73. The lowest BCUT2D eigenvalue weighted by Crippen LogP contribution is -2.49. The predicted octanol–water partition coefficient (Wildman–Crippen LogP) is 3.83. The standard InChI is InChI=1S/C22H22F2N6O/c1-14(20-25-17-8-4-5-9-18(17)30(20)22(23)24)28-10-12-29(13-11-28)21(31)19-15-6-2-3-7-16(15)26-27-19/h2-9,14,22H,10-13H2,1H3,(H,26,27). The van der Waals surface area contributed by atoms with Crippen molar-refractivity contribution in [1.82, 2.24) is 29.5 Å². The molecule has 1 amide bonds. The quantitative estimate of drug-likeness (QED) is 0.541. The van der Waals surface area contributed by atoms with Crippen LogP contribution in [0.15, 0.2) is 48.5 Å². The number of hydrogen-bond acceptors (Lipinski definition) is 4. The Morgan fingerprint density at radius 1 is 1.03 bits per heavy atom. The number of H-pyrrole nitrogens is 1. The van der Waals surface area contributed by atoms with E-state index in [9.17, 15) is 13.6 Å². The van der Waals surface area contributed by atoms with Gasteiger partial charge in [0.2, 0.25) is 0 Å². The van der Waals surface area contributed by atoms with E-state index in [0.717, 1.165) is 15.5 Å². The molecule has 1 aliphatic heterocycles. The number of imidazole rings is 1. The Hall–Kier alpha value is -3.33. The zero-order chi connectivity index (χ0) is 21.5. The minimum absolute atomic E-state index is 0.121. The molecule has 160 valence electrons. The van der Waals surface area contributed by atoms with Crippen molar-refractivity contribution < 1.29 is 13.6 Å². The maximum atomic E-state index is 13.8. The van der Waals surface area contributed by atoms with Crippen molar-refractivity contribution in [1.29, 1.82) is 0 Å². The summed E-state index contributed by atoms with van der Waals surface area (Å²) in [5, 5.41) is 7.90. The van der Waals surface area contributed by atoms with Gasteiger partial charge in [-0.1, -0.05) is 30.3 Å². The highest BCUT2D eigenvalue weighted by atomic mass is 19.3. The third-order valence-corrected chi connectivity index (χ3v) is 6.01. The number of hydrogen-bond donors (Lipinski definition) is 1. The number of para-hydroxylation sites is 3. The highest BCUT2D eigenvalue weighted by Crippen LogP contribution is 2.30.